The van der Waals surface area contributed by atoms with Crippen LogP contribution in [0.5, 0.6) is 5.75 Å². The normalized spacial score (nSPS) is 16.0. The molecule has 1 aromatic heterocycles. The highest BCUT2D eigenvalue weighted by Gasteiger charge is 2.44. The Morgan fingerprint density at radius 3 is 2.56 bits per heavy atom. The Morgan fingerprint density at radius 1 is 1.14 bits per heavy atom. The van der Waals surface area contributed by atoms with E-state index in [1.165, 1.54) is 36.5 Å². The number of halogens is 1. The van der Waals surface area contributed by atoms with Gasteiger partial charge in [-0.2, -0.15) is 5.26 Å². The fraction of sp³-hybridized carbons (Fsp3) is 0.290. The Labute approximate surface area is 247 Å². The SMILES string of the molecule is CCC(=O)c1ccc(F)c(C2CC2NC(=O)Nc2ccc(C#N)cn2)c1OC(=O)c1cccc(NC(=O)C(N)C(C)C)c1. The zero-order valence-corrected chi connectivity index (χ0v) is 23.8. The van der Waals surface area contributed by atoms with Gasteiger partial charge in [-0.25, -0.2) is 19.0 Å². The number of hydrogen-bond donors (Lipinski definition) is 4. The van der Waals surface area contributed by atoms with Crippen LogP contribution in [0.15, 0.2) is 54.7 Å². The van der Waals surface area contributed by atoms with Crippen LogP contribution >= 0.6 is 0 Å². The molecule has 3 aromatic rings. The number of pyridine rings is 1. The number of benzene rings is 2. The predicted octanol–water partition coefficient (Wildman–Crippen LogP) is 4.50. The molecule has 11 nitrogen and oxygen atoms in total. The maximum absolute atomic E-state index is 15.3. The lowest BCUT2D eigenvalue weighted by Gasteiger charge is -2.17. The van der Waals surface area contributed by atoms with Gasteiger partial charge in [-0.15, -0.1) is 0 Å². The zero-order valence-electron chi connectivity index (χ0n) is 23.8. The van der Waals surface area contributed by atoms with E-state index in [2.05, 4.69) is 20.9 Å². The van der Waals surface area contributed by atoms with Crippen LogP contribution in [0.4, 0.5) is 20.7 Å². The first-order valence-corrected chi connectivity index (χ1v) is 13.7. The first-order chi connectivity index (χ1) is 20.5. The van der Waals surface area contributed by atoms with Crippen molar-refractivity contribution in [3.05, 3.63) is 82.8 Å². The molecule has 222 valence electrons. The van der Waals surface area contributed by atoms with E-state index in [4.69, 9.17) is 15.7 Å². The first-order valence-electron chi connectivity index (χ1n) is 13.7. The second-order valence-electron chi connectivity index (χ2n) is 10.4. The number of hydrogen-bond acceptors (Lipinski definition) is 8. The molecule has 0 saturated heterocycles. The van der Waals surface area contributed by atoms with Gasteiger partial charge in [-0.3, -0.25) is 14.9 Å². The standard InChI is InChI=1S/C31H31FN6O5/c1-4-24(39)20-9-10-22(32)26(21-13-23(21)37-31(42)38-25-11-8-17(14-33)15-35-25)28(20)43-30(41)18-6-5-7-19(12-18)36-29(40)27(34)16(2)3/h5-12,15-16,21,23,27H,4,13,34H2,1-3H3,(H,36,40)(H2,35,37,38,42). The van der Waals surface area contributed by atoms with Gasteiger partial charge in [-0.05, 0) is 54.8 Å². The van der Waals surface area contributed by atoms with Gasteiger partial charge in [0.15, 0.2) is 5.78 Å². The fourth-order valence-electron chi connectivity index (χ4n) is 4.37. The van der Waals surface area contributed by atoms with Crippen LogP contribution in [-0.2, 0) is 4.79 Å². The quantitative estimate of drug-likeness (QED) is 0.152. The van der Waals surface area contributed by atoms with E-state index in [0.29, 0.717) is 17.7 Å². The number of esters is 1. The van der Waals surface area contributed by atoms with Gasteiger partial charge >= 0.3 is 12.0 Å². The molecule has 5 N–H and O–H groups in total. The number of nitrogens with two attached hydrogens (primary N) is 1. The number of amides is 3. The molecule has 12 heteroatoms. The number of ether oxygens (including phenoxy) is 1. The molecule has 1 heterocycles. The Bertz CT molecular complexity index is 1600. The van der Waals surface area contributed by atoms with Crippen molar-refractivity contribution in [3.63, 3.8) is 0 Å². The summed E-state index contributed by atoms with van der Waals surface area (Å²) in [6, 6.07) is 11.4. The molecule has 43 heavy (non-hydrogen) atoms. The zero-order chi connectivity index (χ0) is 31.3. The van der Waals surface area contributed by atoms with Crippen molar-refractivity contribution in [2.75, 3.05) is 10.6 Å². The second-order valence-corrected chi connectivity index (χ2v) is 10.4. The molecular weight excluding hydrogens is 555 g/mol. The average Bonchev–Trinajstić information content (AvgIpc) is 3.74. The van der Waals surface area contributed by atoms with Crippen LogP contribution in [-0.4, -0.2) is 40.8 Å². The number of ketones is 1. The highest BCUT2D eigenvalue weighted by atomic mass is 19.1. The molecule has 3 atom stereocenters. The van der Waals surface area contributed by atoms with Crippen LogP contribution in [0.25, 0.3) is 0 Å². The van der Waals surface area contributed by atoms with Gasteiger partial charge in [0.25, 0.3) is 0 Å². The van der Waals surface area contributed by atoms with Crippen molar-refractivity contribution in [1.29, 1.82) is 5.26 Å². The monoisotopic (exact) mass is 586 g/mol. The van der Waals surface area contributed by atoms with Crippen LogP contribution < -0.4 is 26.4 Å². The largest absolute Gasteiger partial charge is 0.422 e. The average molecular weight is 587 g/mol. The van der Waals surface area contributed by atoms with E-state index in [1.54, 1.807) is 19.1 Å². The number of carbonyl (C=O) groups excluding carboxylic acids is 4. The maximum atomic E-state index is 15.3. The van der Waals surface area contributed by atoms with Crippen LogP contribution in [0.3, 0.4) is 0 Å². The van der Waals surface area contributed by atoms with Crippen molar-refractivity contribution in [2.45, 2.75) is 51.6 Å². The van der Waals surface area contributed by atoms with E-state index in [1.807, 2.05) is 19.9 Å². The minimum atomic E-state index is -0.865. The summed E-state index contributed by atoms with van der Waals surface area (Å²) in [5.41, 5.74) is 6.65. The lowest BCUT2D eigenvalue weighted by Crippen LogP contribution is -2.39. The van der Waals surface area contributed by atoms with Crippen molar-refractivity contribution >= 4 is 35.2 Å². The van der Waals surface area contributed by atoms with Gasteiger partial charge in [0.05, 0.1) is 22.7 Å². The molecule has 0 aliphatic heterocycles. The molecular formula is C31H31FN6O5. The number of nitrogens with zero attached hydrogens (tertiary/aromatic N) is 2. The van der Waals surface area contributed by atoms with Crippen LogP contribution in [0.1, 0.15) is 71.4 Å². The highest BCUT2D eigenvalue weighted by molar-refractivity contribution is 6.01. The third-order valence-corrected chi connectivity index (χ3v) is 6.96. The summed E-state index contributed by atoms with van der Waals surface area (Å²) >= 11 is 0. The molecule has 0 spiro atoms. The van der Waals surface area contributed by atoms with E-state index >= 15 is 4.39 Å². The predicted molar refractivity (Wildman–Crippen MR) is 156 cm³/mol. The molecule has 1 aliphatic carbocycles. The molecule has 1 saturated carbocycles. The van der Waals surface area contributed by atoms with Crippen molar-refractivity contribution < 1.29 is 28.3 Å². The van der Waals surface area contributed by atoms with E-state index in [0.717, 1.165) is 6.07 Å². The van der Waals surface area contributed by atoms with Crippen LogP contribution in [0, 0.1) is 23.1 Å². The molecule has 3 unspecified atom stereocenters. The number of nitrogens with one attached hydrogen (secondary N) is 3. The third-order valence-electron chi connectivity index (χ3n) is 6.96. The lowest BCUT2D eigenvalue weighted by molar-refractivity contribution is -0.118. The summed E-state index contributed by atoms with van der Waals surface area (Å²) in [5.74, 6) is -3.01. The minimum absolute atomic E-state index is 0.00168. The molecule has 0 radical (unpaired) electrons. The van der Waals surface area contributed by atoms with Gasteiger partial charge < -0.3 is 21.1 Å². The molecule has 0 bridgehead atoms. The summed E-state index contributed by atoms with van der Waals surface area (Å²) in [5, 5.41) is 16.8. The topological polar surface area (TPSA) is 176 Å². The molecule has 4 rings (SSSR count). The summed E-state index contributed by atoms with van der Waals surface area (Å²) < 4.78 is 21.0. The van der Waals surface area contributed by atoms with E-state index in [9.17, 15) is 19.2 Å². The maximum Gasteiger partial charge on any atom is 0.343 e. The summed E-state index contributed by atoms with van der Waals surface area (Å²) in [7, 11) is 0. The smallest absolute Gasteiger partial charge is 0.343 e. The number of rotatable bonds is 10. The molecule has 1 fully saturated rings. The third kappa shape index (κ3) is 7.38. The highest BCUT2D eigenvalue weighted by Crippen LogP contribution is 2.47. The number of anilines is 2. The number of urea groups is 1. The van der Waals surface area contributed by atoms with Crippen LogP contribution in [0.2, 0.25) is 0 Å². The Balaban J connectivity index is 1.54. The molecule has 1 aliphatic rings. The number of Topliss-reactive ketones (excluding diaryl/α,β-unsaturated/α-hetero) is 1. The fourth-order valence-corrected chi connectivity index (χ4v) is 4.37. The van der Waals surface area contributed by atoms with Gasteiger partial charge in [0.2, 0.25) is 5.91 Å². The Kier molecular flexibility index (Phi) is 9.47. The summed E-state index contributed by atoms with van der Waals surface area (Å²) in [6.45, 7) is 5.25. The minimum Gasteiger partial charge on any atom is -0.422 e. The van der Waals surface area contributed by atoms with Crippen molar-refractivity contribution in [1.82, 2.24) is 10.3 Å². The van der Waals surface area contributed by atoms with Crippen molar-refractivity contribution in [3.8, 4) is 11.8 Å². The molecule has 2 aromatic carbocycles. The lowest BCUT2D eigenvalue weighted by atomic mass is 9.99. The summed E-state index contributed by atoms with van der Waals surface area (Å²) in [6.07, 6.45) is 1.72. The molecule has 3 amide bonds. The number of nitriles is 1. The Hall–Kier alpha value is -5.15. The number of aromatic nitrogens is 1. The van der Waals surface area contributed by atoms with Crippen molar-refractivity contribution in [2.24, 2.45) is 11.7 Å². The van der Waals surface area contributed by atoms with Gasteiger partial charge in [0.1, 0.15) is 23.5 Å². The van der Waals surface area contributed by atoms with Gasteiger partial charge in [-0.1, -0.05) is 26.8 Å². The van der Waals surface area contributed by atoms with E-state index in [-0.39, 0.29) is 46.4 Å². The first kappa shape index (κ1) is 30.8. The number of carbonyl (C=O) groups is 4. The Morgan fingerprint density at radius 2 is 1.91 bits per heavy atom. The second kappa shape index (κ2) is 13.2. The van der Waals surface area contributed by atoms with Gasteiger partial charge in [0, 0.05) is 35.8 Å². The summed E-state index contributed by atoms with van der Waals surface area (Å²) in [4.78, 5) is 55.0. The van der Waals surface area contributed by atoms with E-state index < -0.39 is 41.7 Å².